The van der Waals surface area contributed by atoms with Gasteiger partial charge >= 0.3 is 0 Å². The Kier molecular flexibility index (Phi) is 2.71. The molecule has 0 nitrogen and oxygen atoms in total. The van der Waals surface area contributed by atoms with Crippen LogP contribution in [0.25, 0.3) is 0 Å². The first kappa shape index (κ1) is 12.0. The van der Waals surface area contributed by atoms with E-state index in [4.69, 9.17) is 46.4 Å². The monoisotopic (exact) mass is 260 g/mol. The van der Waals surface area contributed by atoms with Gasteiger partial charge in [0, 0.05) is 0 Å². The molecule has 0 bridgehead atoms. The molecule has 4 heteroatoms. The van der Waals surface area contributed by atoms with Crippen molar-refractivity contribution in [2.75, 3.05) is 0 Å². The van der Waals surface area contributed by atoms with E-state index in [2.05, 4.69) is 27.7 Å². The number of alkyl halides is 1. The van der Waals surface area contributed by atoms with Gasteiger partial charge in [-0.1, -0.05) is 62.5 Å². The first-order valence-electron chi connectivity index (χ1n) is 4.01. The molecule has 0 unspecified atom stereocenters. The first-order chi connectivity index (χ1) is 5.60. The van der Waals surface area contributed by atoms with E-state index in [0.29, 0.717) is 5.03 Å². The quantitative estimate of drug-likeness (QED) is 0.588. The Hall–Kier alpha value is 0.900. The molecule has 13 heavy (non-hydrogen) atoms. The Balaban J connectivity index is 3.17. The zero-order valence-electron chi connectivity index (χ0n) is 8.01. The molecule has 1 rings (SSSR count). The molecule has 0 spiro atoms. The van der Waals surface area contributed by atoms with E-state index in [1.165, 1.54) is 0 Å². The highest BCUT2D eigenvalue weighted by Crippen LogP contribution is 2.78. The number of halogens is 4. The Labute approximate surface area is 99.2 Å². The van der Waals surface area contributed by atoms with Crippen LogP contribution < -0.4 is 0 Å². The fourth-order valence-electron chi connectivity index (χ4n) is 1.92. The molecule has 76 valence electrons. The molecular weight excluding hydrogens is 250 g/mol. The fourth-order valence-corrected chi connectivity index (χ4v) is 3.30. The smallest absolute Gasteiger partial charge is 0.112 e. The fraction of sp³-hybridized carbons (Fsp3) is 0.778. The maximum Gasteiger partial charge on any atom is 0.123 e. The maximum absolute atomic E-state index is 6.41. The predicted octanol–water partition coefficient (Wildman–Crippen LogP) is 4.92. The summed E-state index contributed by atoms with van der Waals surface area (Å²) in [5, 5.41) is 0.354. The summed E-state index contributed by atoms with van der Waals surface area (Å²) < 4.78 is 0.0651. The maximum atomic E-state index is 6.41. The summed E-state index contributed by atoms with van der Waals surface area (Å²) in [7, 11) is 0. The topological polar surface area (TPSA) is 0 Å². The minimum Gasteiger partial charge on any atom is -0.112 e. The van der Waals surface area contributed by atoms with Crippen LogP contribution in [-0.2, 0) is 0 Å². The Morgan fingerprint density at radius 3 is 1.23 bits per heavy atom. The Bertz CT molecular complexity index is 257. The molecule has 0 amide bonds. The molecule has 1 fully saturated rings. The highest BCUT2D eigenvalue weighted by molar-refractivity contribution is 6.61. The molecule has 0 heterocycles. The molecule has 0 aromatic rings. The van der Waals surface area contributed by atoms with Crippen molar-refractivity contribution in [3.05, 3.63) is 9.52 Å². The van der Waals surface area contributed by atoms with Gasteiger partial charge in [0.05, 0.1) is 9.91 Å². The van der Waals surface area contributed by atoms with Crippen molar-refractivity contribution in [3.8, 4) is 0 Å². The van der Waals surface area contributed by atoms with Crippen molar-refractivity contribution >= 4 is 46.4 Å². The van der Waals surface area contributed by atoms with E-state index in [9.17, 15) is 0 Å². The summed E-state index contributed by atoms with van der Waals surface area (Å²) in [6, 6.07) is 0. The Morgan fingerprint density at radius 1 is 0.846 bits per heavy atom. The number of allylic oxidation sites excluding steroid dienone is 1. The van der Waals surface area contributed by atoms with E-state index in [1.807, 2.05) is 0 Å². The summed E-state index contributed by atoms with van der Waals surface area (Å²) in [6.07, 6.45) is 0. The number of rotatable bonds is 1. The SMILES string of the molecule is CC1(C)C(C)(C)C1(Cl)C(Cl)=C(Cl)Cl. The molecule has 1 aliphatic carbocycles. The average Bonchev–Trinajstić information content (AvgIpc) is 2.28. The zero-order valence-corrected chi connectivity index (χ0v) is 11.0. The molecule has 0 N–H and O–H groups in total. The van der Waals surface area contributed by atoms with Crippen LogP contribution in [0.4, 0.5) is 0 Å². The lowest BCUT2D eigenvalue weighted by atomic mass is 10.0. The summed E-state index contributed by atoms with van der Waals surface area (Å²) in [5.41, 5.74) is -0.179. The van der Waals surface area contributed by atoms with Gasteiger partial charge in [0.1, 0.15) is 4.49 Å². The van der Waals surface area contributed by atoms with Crippen molar-refractivity contribution in [3.63, 3.8) is 0 Å². The minimum atomic E-state index is -0.625. The average molecular weight is 262 g/mol. The van der Waals surface area contributed by atoms with Gasteiger partial charge in [-0.25, -0.2) is 0 Å². The highest BCUT2D eigenvalue weighted by Gasteiger charge is 2.78. The van der Waals surface area contributed by atoms with Crippen molar-refractivity contribution in [1.82, 2.24) is 0 Å². The second kappa shape index (κ2) is 2.95. The summed E-state index contributed by atoms with van der Waals surface area (Å²) >= 11 is 23.7. The minimum absolute atomic E-state index is 0.0651. The van der Waals surface area contributed by atoms with Crippen molar-refractivity contribution in [2.45, 2.75) is 32.6 Å². The number of hydrogen-bond acceptors (Lipinski definition) is 0. The first-order valence-corrected chi connectivity index (χ1v) is 5.52. The van der Waals surface area contributed by atoms with Crippen LogP contribution in [-0.4, -0.2) is 4.87 Å². The van der Waals surface area contributed by atoms with Crippen LogP contribution in [0.2, 0.25) is 0 Å². The van der Waals surface area contributed by atoms with Gasteiger partial charge in [0.25, 0.3) is 0 Å². The normalized spacial score (nSPS) is 26.8. The van der Waals surface area contributed by atoms with E-state index in [-0.39, 0.29) is 15.3 Å². The molecule has 0 atom stereocenters. The van der Waals surface area contributed by atoms with Gasteiger partial charge in [-0.05, 0) is 10.8 Å². The van der Waals surface area contributed by atoms with Crippen LogP contribution in [0.5, 0.6) is 0 Å². The molecular formula is C9H12Cl4. The lowest BCUT2D eigenvalue weighted by Crippen LogP contribution is -2.10. The molecule has 0 saturated heterocycles. The third-order valence-corrected chi connectivity index (χ3v) is 5.97. The second-order valence-electron chi connectivity index (χ2n) is 4.48. The van der Waals surface area contributed by atoms with Gasteiger partial charge in [-0.15, -0.1) is 11.6 Å². The van der Waals surface area contributed by atoms with Crippen molar-refractivity contribution in [2.24, 2.45) is 10.8 Å². The van der Waals surface area contributed by atoms with Gasteiger partial charge in [-0.3, -0.25) is 0 Å². The standard InChI is InChI=1S/C9H12Cl4/c1-7(2)8(3,4)9(7,13)5(10)6(11)12/h1-4H3. The summed E-state index contributed by atoms with van der Waals surface area (Å²) in [6.45, 7) is 8.22. The summed E-state index contributed by atoms with van der Waals surface area (Å²) in [5.74, 6) is 0. The largest absolute Gasteiger partial charge is 0.123 e. The highest BCUT2D eigenvalue weighted by atomic mass is 35.5. The second-order valence-corrected chi connectivity index (χ2v) is 6.38. The van der Waals surface area contributed by atoms with Crippen LogP contribution in [0.1, 0.15) is 27.7 Å². The van der Waals surface area contributed by atoms with E-state index in [0.717, 1.165) is 0 Å². The summed E-state index contributed by atoms with van der Waals surface area (Å²) in [4.78, 5) is -0.625. The molecule has 0 aromatic heterocycles. The van der Waals surface area contributed by atoms with Gasteiger partial charge in [-0.2, -0.15) is 0 Å². The number of hydrogen-bond donors (Lipinski definition) is 0. The van der Waals surface area contributed by atoms with Gasteiger partial charge in [0.15, 0.2) is 0 Å². The van der Waals surface area contributed by atoms with Crippen LogP contribution in [0.3, 0.4) is 0 Å². The van der Waals surface area contributed by atoms with Crippen molar-refractivity contribution in [1.29, 1.82) is 0 Å². The van der Waals surface area contributed by atoms with Gasteiger partial charge in [0.2, 0.25) is 0 Å². The Morgan fingerprint density at radius 2 is 1.15 bits per heavy atom. The van der Waals surface area contributed by atoms with Gasteiger partial charge < -0.3 is 0 Å². The molecule has 1 aliphatic rings. The lowest BCUT2D eigenvalue weighted by molar-refractivity contribution is 0.457. The van der Waals surface area contributed by atoms with E-state index < -0.39 is 4.87 Å². The molecule has 0 aliphatic heterocycles. The molecule has 0 aromatic carbocycles. The van der Waals surface area contributed by atoms with E-state index in [1.54, 1.807) is 0 Å². The molecule has 1 saturated carbocycles. The van der Waals surface area contributed by atoms with E-state index >= 15 is 0 Å². The van der Waals surface area contributed by atoms with Crippen molar-refractivity contribution < 1.29 is 0 Å². The third-order valence-electron chi connectivity index (χ3n) is 3.69. The third kappa shape index (κ3) is 1.19. The van der Waals surface area contributed by atoms with Crippen LogP contribution >= 0.6 is 46.4 Å². The zero-order chi connectivity index (χ0) is 10.7. The molecule has 0 radical (unpaired) electrons. The predicted molar refractivity (Wildman–Crippen MR) is 60.7 cm³/mol. The van der Waals surface area contributed by atoms with Crippen LogP contribution in [0.15, 0.2) is 9.52 Å². The lowest BCUT2D eigenvalue weighted by Gasteiger charge is -2.11. The van der Waals surface area contributed by atoms with Crippen LogP contribution in [0, 0.1) is 10.8 Å².